The van der Waals surface area contributed by atoms with Gasteiger partial charge in [0.1, 0.15) is 42.7 Å². The highest BCUT2D eigenvalue weighted by Gasteiger charge is 2.70. The van der Waals surface area contributed by atoms with Crippen molar-refractivity contribution in [2.45, 2.75) is 89.7 Å². The summed E-state index contributed by atoms with van der Waals surface area (Å²) in [6.45, 7) is 12.4. The van der Waals surface area contributed by atoms with E-state index >= 15 is 0 Å². The van der Waals surface area contributed by atoms with Gasteiger partial charge in [0, 0.05) is 75.0 Å². The summed E-state index contributed by atoms with van der Waals surface area (Å²) in [7, 11) is 3.42. The molecule has 0 aromatic carbocycles. The average molecular weight is 813 g/mol. The lowest BCUT2D eigenvalue weighted by atomic mass is 9.57. The first-order chi connectivity index (χ1) is 27.7. The van der Waals surface area contributed by atoms with E-state index in [1.165, 1.54) is 14.0 Å². The number of piperazine rings is 1. The maximum absolute atomic E-state index is 13.9. The van der Waals surface area contributed by atoms with E-state index in [1.54, 1.807) is 32.9 Å². The minimum absolute atomic E-state index is 0.0169. The lowest BCUT2D eigenvalue weighted by Gasteiger charge is -2.49. The zero-order valence-corrected chi connectivity index (χ0v) is 34.3. The summed E-state index contributed by atoms with van der Waals surface area (Å²) < 4.78 is 46.9. The molecule has 16 nitrogen and oxygen atoms in total. The molecule has 6 aliphatic rings. The predicted molar refractivity (Wildman–Crippen MR) is 203 cm³/mol. The van der Waals surface area contributed by atoms with Gasteiger partial charge in [-0.15, -0.1) is 0 Å². The number of rotatable bonds is 10. The fraction of sp³-hybridized carbons (Fsp3) is 0.667. The van der Waals surface area contributed by atoms with Crippen LogP contribution in [0.4, 0.5) is 0 Å². The normalized spacial score (nSPS) is 35.9. The lowest BCUT2D eigenvalue weighted by Crippen LogP contribution is -2.58. The number of nitrogens with zero attached hydrogens (tertiary/aromatic N) is 2. The molecule has 3 heterocycles. The van der Waals surface area contributed by atoms with Gasteiger partial charge in [-0.2, -0.15) is 0 Å². The zero-order chi connectivity index (χ0) is 41.9. The third-order valence-electron chi connectivity index (χ3n) is 12.5. The van der Waals surface area contributed by atoms with Crippen LogP contribution in [-0.4, -0.2) is 148 Å². The first-order valence-corrected chi connectivity index (χ1v) is 20.2. The van der Waals surface area contributed by atoms with Gasteiger partial charge < -0.3 is 42.8 Å². The van der Waals surface area contributed by atoms with Crippen LogP contribution >= 0.6 is 0 Å². The van der Waals surface area contributed by atoms with E-state index in [0.717, 1.165) is 26.2 Å². The third kappa shape index (κ3) is 8.66. The SMILES string of the molecule is CCOC(=O)C(=O)OC1C2C3C=C[C@@H]4C[C@H](OC)C(=O)O[C@H]([C@@H](C)OC(=O)C(=O)OCCN5CCN(C)CC5)[C@H](C)/C=C(\C)[C@@]24O[C@H]3[C@H](OC(=O)C2=CC=CC2)[C@@H]1C. The fourth-order valence-corrected chi connectivity index (χ4v) is 9.48. The first kappa shape index (κ1) is 43.2. The number of cyclic esters (lactones) is 1. The van der Waals surface area contributed by atoms with Crippen LogP contribution in [0.5, 0.6) is 0 Å². The van der Waals surface area contributed by atoms with Gasteiger partial charge in [-0.3, -0.25) is 4.90 Å². The van der Waals surface area contributed by atoms with E-state index in [9.17, 15) is 28.8 Å². The fourth-order valence-electron chi connectivity index (χ4n) is 9.48. The standard InChI is InChI=1S/C42H56N2O14/c1-8-52-38(47)41(50)56-33-25(4)34(57-36(45)27-11-9-10-12-27)35-29-14-13-28-22-30(51-7)37(46)55-32(23(2)21-24(3)42(28,58-35)31(29)33)26(5)54-40(49)39(48)53-20-19-44-17-15-43(6)16-18-44/h9-11,13-14,21,23,25-26,28-35H,8,12,15-20,22H2,1-7H3/b24-21+/t23-,25-,26-,28-,29?,30+,31?,32+,33?,34-,35-,42+/m1/s1. The second-order valence-corrected chi connectivity index (χ2v) is 16.1. The number of likely N-dealkylation sites (N-methyl/N-ethyl adjacent to an activating group) is 1. The number of carbonyl (C=O) groups excluding carboxylic acids is 6. The van der Waals surface area contributed by atoms with Gasteiger partial charge in [0.2, 0.25) is 0 Å². The maximum atomic E-state index is 13.9. The van der Waals surface area contributed by atoms with Crippen LogP contribution in [0, 0.1) is 29.6 Å². The molecule has 0 radical (unpaired) electrons. The molecule has 12 atom stereocenters. The highest BCUT2D eigenvalue weighted by molar-refractivity contribution is 6.30. The number of esters is 6. The Morgan fingerprint density at radius 3 is 2.36 bits per heavy atom. The Balaban J connectivity index is 1.29. The van der Waals surface area contributed by atoms with Gasteiger partial charge in [0.25, 0.3) is 0 Å². The van der Waals surface area contributed by atoms with E-state index in [-0.39, 0.29) is 19.6 Å². The minimum Gasteiger partial charge on any atom is -0.458 e. The predicted octanol–water partition coefficient (Wildman–Crippen LogP) is 2.10. The van der Waals surface area contributed by atoms with Crippen molar-refractivity contribution < 1.29 is 66.7 Å². The molecule has 3 aliphatic carbocycles. The Hall–Kier alpha value is -4.38. The molecule has 3 fully saturated rings. The van der Waals surface area contributed by atoms with Gasteiger partial charge in [0.05, 0.1) is 6.61 Å². The summed E-state index contributed by atoms with van der Waals surface area (Å²) in [6.07, 6.45) is 5.64. The van der Waals surface area contributed by atoms with E-state index in [4.69, 9.17) is 37.9 Å². The Bertz CT molecular complexity index is 1730. The molecule has 3 unspecified atom stereocenters. The number of carbonyl (C=O) groups is 6. The molecule has 3 aliphatic heterocycles. The van der Waals surface area contributed by atoms with Crippen LogP contribution in [0.1, 0.15) is 47.5 Å². The summed E-state index contributed by atoms with van der Waals surface area (Å²) in [4.78, 5) is 83.3. The second-order valence-electron chi connectivity index (χ2n) is 16.1. The van der Waals surface area contributed by atoms with Crippen molar-refractivity contribution in [1.82, 2.24) is 9.80 Å². The van der Waals surface area contributed by atoms with Crippen LogP contribution in [-0.2, 0) is 66.7 Å². The molecular weight excluding hydrogens is 756 g/mol. The minimum atomic E-state index is -1.26. The number of hydrogen-bond acceptors (Lipinski definition) is 16. The van der Waals surface area contributed by atoms with Crippen molar-refractivity contribution in [3.8, 4) is 0 Å². The van der Waals surface area contributed by atoms with Crippen LogP contribution in [0.3, 0.4) is 0 Å². The van der Waals surface area contributed by atoms with E-state index in [2.05, 4.69) is 9.80 Å². The average Bonchev–Trinajstić information content (AvgIpc) is 3.80. The molecule has 6 rings (SSSR count). The van der Waals surface area contributed by atoms with Crippen LogP contribution in [0.2, 0.25) is 0 Å². The largest absolute Gasteiger partial charge is 0.458 e. The molecule has 58 heavy (non-hydrogen) atoms. The van der Waals surface area contributed by atoms with Crippen LogP contribution in [0.25, 0.3) is 0 Å². The smallest absolute Gasteiger partial charge is 0.417 e. The van der Waals surface area contributed by atoms with Crippen molar-refractivity contribution in [3.63, 3.8) is 0 Å². The van der Waals surface area contributed by atoms with E-state index in [1.807, 2.05) is 38.3 Å². The van der Waals surface area contributed by atoms with Gasteiger partial charge in [0.15, 0.2) is 6.10 Å². The molecule has 16 heteroatoms. The van der Waals surface area contributed by atoms with Crippen LogP contribution < -0.4 is 0 Å². The highest BCUT2D eigenvalue weighted by atomic mass is 16.6. The topological polar surface area (TPSA) is 183 Å². The molecule has 0 aromatic rings. The lowest BCUT2D eigenvalue weighted by molar-refractivity contribution is -0.184. The summed E-state index contributed by atoms with van der Waals surface area (Å²) >= 11 is 0. The van der Waals surface area contributed by atoms with E-state index in [0.29, 0.717) is 24.1 Å². The molecule has 318 valence electrons. The quantitative estimate of drug-likeness (QED) is 0.135. The van der Waals surface area contributed by atoms with Crippen molar-refractivity contribution in [2.75, 3.05) is 60.1 Å². The molecule has 0 N–H and O–H groups in total. The number of hydrogen-bond donors (Lipinski definition) is 0. The maximum Gasteiger partial charge on any atom is 0.417 e. The second kappa shape index (κ2) is 18.3. The summed E-state index contributed by atoms with van der Waals surface area (Å²) in [5.74, 6) is -8.80. The van der Waals surface area contributed by atoms with Gasteiger partial charge in [-0.1, -0.05) is 50.3 Å². The Morgan fingerprint density at radius 2 is 1.69 bits per heavy atom. The van der Waals surface area contributed by atoms with E-state index < -0.39 is 108 Å². The third-order valence-corrected chi connectivity index (χ3v) is 12.5. The summed E-state index contributed by atoms with van der Waals surface area (Å²) in [5, 5.41) is 0. The molecule has 0 aromatic heterocycles. The van der Waals surface area contributed by atoms with Gasteiger partial charge in [-0.25, -0.2) is 28.8 Å². The van der Waals surface area contributed by atoms with Crippen LogP contribution in [0.15, 0.2) is 47.6 Å². The van der Waals surface area contributed by atoms with Gasteiger partial charge >= 0.3 is 35.8 Å². The van der Waals surface area contributed by atoms with Crippen molar-refractivity contribution in [1.29, 1.82) is 0 Å². The zero-order valence-electron chi connectivity index (χ0n) is 34.3. The Labute approximate surface area is 338 Å². The molecular formula is C42H56N2O14. The number of ether oxygens (including phenoxy) is 8. The number of allylic oxidation sites excluding steroid dienone is 3. The Kier molecular flexibility index (Phi) is 13.6. The van der Waals surface area contributed by atoms with Gasteiger partial charge in [-0.05, 0) is 46.2 Å². The van der Waals surface area contributed by atoms with Crippen molar-refractivity contribution in [3.05, 3.63) is 47.6 Å². The van der Waals surface area contributed by atoms with Crippen molar-refractivity contribution >= 4 is 35.8 Å². The molecule has 1 saturated carbocycles. The molecule has 2 saturated heterocycles. The summed E-state index contributed by atoms with van der Waals surface area (Å²) in [6, 6.07) is 0. The first-order valence-electron chi connectivity index (χ1n) is 20.2. The summed E-state index contributed by atoms with van der Waals surface area (Å²) in [5.41, 5.74) is -0.106. The highest BCUT2D eigenvalue weighted by Crippen LogP contribution is 2.62. The monoisotopic (exact) mass is 812 g/mol. The molecule has 0 amide bonds. The Morgan fingerprint density at radius 1 is 0.966 bits per heavy atom. The van der Waals surface area contributed by atoms with Crippen molar-refractivity contribution in [2.24, 2.45) is 29.6 Å². The number of methoxy groups -OCH3 is 1. The molecule has 1 spiro atoms. The molecule has 4 bridgehead atoms.